The smallest absolute Gasteiger partial charge is 0.383 e. The van der Waals surface area contributed by atoms with E-state index in [0.717, 1.165) is 12.1 Å². The van der Waals surface area contributed by atoms with E-state index in [1.54, 1.807) is 0 Å². The van der Waals surface area contributed by atoms with Gasteiger partial charge >= 0.3 is 6.18 Å². The maximum Gasteiger partial charge on any atom is 0.416 e. The molecule has 0 bridgehead atoms. The van der Waals surface area contributed by atoms with Gasteiger partial charge in [0, 0.05) is 13.0 Å². The van der Waals surface area contributed by atoms with E-state index >= 15 is 0 Å². The lowest BCUT2D eigenvalue weighted by atomic mass is 10.2. The first kappa shape index (κ1) is 15.0. The third-order valence-electron chi connectivity index (χ3n) is 2.21. The molecular weight excluding hydrogens is 274 g/mol. The Kier molecular flexibility index (Phi) is 5.22. The monoisotopic (exact) mass is 285 g/mol. The Labute approximate surface area is 107 Å². The second-order valence-corrected chi connectivity index (χ2v) is 3.95. The summed E-state index contributed by atoms with van der Waals surface area (Å²) in [5.41, 5.74) is -1.06. The van der Waals surface area contributed by atoms with Gasteiger partial charge in [-0.15, -0.1) is 11.6 Å². The summed E-state index contributed by atoms with van der Waals surface area (Å²) in [4.78, 5) is 0. The zero-order chi connectivity index (χ0) is 13.8. The van der Waals surface area contributed by atoms with Crippen LogP contribution in [0, 0.1) is 5.82 Å². The van der Waals surface area contributed by atoms with Gasteiger partial charge in [-0.05, 0) is 18.2 Å². The molecule has 0 aliphatic heterocycles. The van der Waals surface area contributed by atoms with Crippen LogP contribution in [-0.4, -0.2) is 25.6 Å². The highest BCUT2D eigenvalue weighted by atomic mass is 35.5. The molecule has 0 aliphatic carbocycles. The summed E-state index contributed by atoms with van der Waals surface area (Å²) in [6.07, 6.45) is -4.56. The average molecular weight is 286 g/mol. The summed E-state index contributed by atoms with van der Waals surface area (Å²) in [7, 11) is 1.45. The maximum atomic E-state index is 13.5. The van der Waals surface area contributed by atoms with E-state index in [9.17, 15) is 17.6 Å². The van der Waals surface area contributed by atoms with Gasteiger partial charge in [0.1, 0.15) is 5.82 Å². The number of anilines is 1. The molecule has 0 heterocycles. The normalized spacial score (nSPS) is 13.4. The topological polar surface area (TPSA) is 21.3 Å². The van der Waals surface area contributed by atoms with Crippen molar-refractivity contribution in [1.82, 2.24) is 0 Å². The van der Waals surface area contributed by atoms with Gasteiger partial charge < -0.3 is 10.1 Å². The van der Waals surface area contributed by atoms with Crippen molar-refractivity contribution in [3.05, 3.63) is 29.6 Å². The van der Waals surface area contributed by atoms with Gasteiger partial charge in [-0.25, -0.2) is 4.39 Å². The third kappa shape index (κ3) is 4.03. The first-order valence-corrected chi connectivity index (χ1v) is 5.60. The van der Waals surface area contributed by atoms with Crippen molar-refractivity contribution in [3.63, 3.8) is 0 Å². The van der Waals surface area contributed by atoms with Crippen LogP contribution in [0.15, 0.2) is 18.2 Å². The molecule has 1 N–H and O–H groups in total. The Hall–Kier alpha value is -1.01. The molecule has 0 spiro atoms. The highest BCUT2D eigenvalue weighted by Crippen LogP contribution is 2.31. The largest absolute Gasteiger partial charge is 0.416 e. The van der Waals surface area contributed by atoms with Crippen LogP contribution < -0.4 is 5.32 Å². The van der Waals surface area contributed by atoms with Gasteiger partial charge in [-0.3, -0.25) is 0 Å². The standard InChI is InChI=1S/C11H12ClF4NO/c1-18-6-8(5-12)17-10-3-2-7(4-9(10)13)11(14,15)16/h2-4,8,17H,5-6H2,1H3. The van der Waals surface area contributed by atoms with Crippen LogP contribution in [0.4, 0.5) is 23.2 Å². The molecular formula is C11H12ClF4NO. The van der Waals surface area contributed by atoms with Crippen molar-refractivity contribution in [1.29, 1.82) is 0 Å². The van der Waals surface area contributed by atoms with Gasteiger partial charge in [-0.2, -0.15) is 13.2 Å². The van der Waals surface area contributed by atoms with Crippen LogP contribution in [0.3, 0.4) is 0 Å². The summed E-state index contributed by atoms with van der Waals surface area (Å²) >= 11 is 5.61. The molecule has 2 nitrogen and oxygen atoms in total. The van der Waals surface area contributed by atoms with Crippen molar-refractivity contribution in [2.24, 2.45) is 0 Å². The van der Waals surface area contributed by atoms with Crippen LogP contribution in [0.2, 0.25) is 0 Å². The second kappa shape index (κ2) is 6.24. The molecule has 1 aromatic carbocycles. The van der Waals surface area contributed by atoms with Crippen molar-refractivity contribution in [2.45, 2.75) is 12.2 Å². The van der Waals surface area contributed by atoms with Crippen molar-refractivity contribution in [2.75, 3.05) is 24.9 Å². The predicted molar refractivity (Wildman–Crippen MR) is 61.4 cm³/mol. The summed E-state index contributed by atoms with van der Waals surface area (Å²) in [5, 5.41) is 2.68. The fourth-order valence-corrected chi connectivity index (χ4v) is 1.52. The Bertz CT molecular complexity index is 397. The minimum atomic E-state index is -4.56. The van der Waals surface area contributed by atoms with Crippen LogP contribution in [0.25, 0.3) is 0 Å². The molecule has 0 aliphatic rings. The molecule has 1 rings (SSSR count). The molecule has 0 saturated heterocycles. The Morgan fingerprint density at radius 2 is 2.06 bits per heavy atom. The van der Waals surface area contributed by atoms with E-state index in [1.807, 2.05) is 0 Å². The van der Waals surface area contributed by atoms with Gasteiger partial charge in [0.25, 0.3) is 0 Å². The van der Waals surface area contributed by atoms with Crippen LogP contribution in [0.1, 0.15) is 5.56 Å². The fraction of sp³-hybridized carbons (Fsp3) is 0.455. The lowest BCUT2D eigenvalue weighted by Crippen LogP contribution is -2.27. The lowest BCUT2D eigenvalue weighted by molar-refractivity contribution is -0.137. The van der Waals surface area contributed by atoms with Gasteiger partial charge in [0.05, 0.1) is 23.9 Å². The fourth-order valence-electron chi connectivity index (χ4n) is 1.35. The van der Waals surface area contributed by atoms with Crippen molar-refractivity contribution in [3.8, 4) is 0 Å². The van der Waals surface area contributed by atoms with Gasteiger partial charge in [0.15, 0.2) is 0 Å². The zero-order valence-corrected chi connectivity index (χ0v) is 10.3. The van der Waals surface area contributed by atoms with Crippen LogP contribution in [-0.2, 0) is 10.9 Å². The number of rotatable bonds is 5. The number of hydrogen-bond acceptors (Lipinski definition) is 2. The van der Waals surface area contributed by atoms with E-state index in [4.69, 9.17) is 16.3 Å². The van der Waals surface area contributed by atoms with Crippen LogP contribution in [0.5, 0.6) is 0 Å². The summed E-state index contributed by atoms with van der Waals surface area (Å²) < 4.78 is 55.3. The maximum absolute atomic E-state index is 13.5. The number of alkyl halides is 4. The predicted octanol–water partition coefficient (Wildman–Crippen LogP) is 3.51. The summed E-state index contributed by atoms with van der Waals surface area (Å²) in [6.45, 7) is 0.226. The van der Waals surface area contributed by atoms with E-state index in [1.165, 1.54) is 7.11 Å². The minimum Gasteiger partial charge on any atom is -0.383 e. The molecule has 1 aromatic rings. The molecule has 1 unspecified atom stereocenters. The van der Waals surface area contributed by atoms with E-state index in [2.05, 4.69) is 5.32 Å². The third-order valence-corrected chi connectivity index (χ3v) is 2.58. The first-order valence-electron chi connectivity index (χ1n) is 5.06. The summed E-state index contributed by atoms with van der Waals surface area (Å²) in [5.74, 6) is -0.829. The van der Waals surface area contributed by atoms with E-state index in [0.29, 0.717) is 6.07 Å². The SMILES string of the molecule is COCC(CCl)Nc1ccc(C(F)(F)F)cc1F. The molecule has 0 aromatic heterocycles. The first-order chi connectivity index (χ1) is 8.38. The number of benzene rings is 1. The summed E-state index contributed by atoms with van der Waals surface area (Å²) in [6, 6.07) is 1.92. The van der Waals surface area contributed by atoms with Crippen molar-refractivity contribution < 1.29 is 22.3 Å². The van der Waals surface area contributed by atoms with Gasteiger partial charge in [-0.1, -0.05) is 0 Å². The van der Waals surface area contributed by atoms with E-state index in [-0.39, 0.29) is 24.2 Å². The number of nitrogens with one attached hydrogen (secondary N) is 1. The molecule has 0 amide bonds. The molecule has 0 radical (unpaired) electrons. The molecule has 1 atom stereocenters. The zero-order valence-electron chi connectivity index (χ0n) is 9.52. The Morgan fingerprint density at radius 1 is 1.39 bits per heavy atom. The lowest BCUT2D eigenvalue weighted by Gasteiger charge is -2.17. The number of methoxy groups -OCH3 is 1. The van der Waals surface area contributed by atoms with Gasteiger partial charge in [0.2, 0.25) is 0 Å². The number of ether oxygens (including phenoxy) is 1. The molecule has 0 saturated carbocycles. The van der Waals surface area contributed by atoms with Crippen LogP contribution >= 0.6 is 11.6 Å². The molecule has 7 heteroatoms. The molecule has 0 fully saturated rings. The Morgan fingerprint density at radius 3 is 2.50 bits per heavy atom. The number of halogens is 5. The highest BCUT2D eigenvalue weighted by Gasteiger charge is 2.31. The number of hydrogen-bond donors (Lipinski definition) is 1. The molecule has 102 valence electrons. The van der Waals surface area contributed by atoms with Crippen molar-refractivity contribution >= 4 is 17.3 Å². The average Bonchev–Trinajstić information content (AvgIpc) is 2.29. The minimum absolute atomic E-state index is 0.0364. The van der Waals surface area contributed by atoms with E-state index < -0.39 is 17.6 Å². The highest BCUT2D eigenvalue weighted by molar-refractivity contribution is 6.18. The quantitative estimate of drug-likeness (QED) is 0.660. The Balaban J connectivity index is 2.85. The molecule has 18 heavy (non-hydrogen) atoms. The second-order valence-electron chi connectivity index (χ2n) is 3.64.